The van der Waals surface area contributed by atoms with E-state index in [2.05, 4.69) is 15.3 Å². The molecular formula is C30H23F3N4O4. The van der Waals surface area contributed by atoms with E-state index >= 15 is 4.39 Å². The Hall–Kier alpha value is -5.19. The Labute approximate surface area is 232 Å². The molecule has 0 saturated carbocycles. The van der Waals surface area contributed by atoms with Gasteiger partial charge in [0.05, 0.1) is 18.8 Å². The van der Waals surface area contributed by atoms with Gasteiger partial charge in [0, 0.05) is 54.1 Å². The topological polar surface area (TPSA) is 95.3 Å². The molecule has 11 heteroatoms. The van der Waals surface area contributed by atoms with E-state index in [-0.39, 0.29) is 33.9 Å². The fourth-order valence-corrected chi connectivity index (χ4v) is 4.45. The predicted octanol–water partition coefficient (Wildman–Crippen LogP) is 6.08. The van der Waals surface area contributed by atoms with Crippen LogP contribution in [-0.4, -0.2) is 27.6 Å². The average Bonchev–Trinajstić information content (AvgIpc) is 2.95. The van der Waals surface area contributed by atoms with Gasteiger partial charge in [-0.2, -0.15) is 0 Å². The number of pyridine rings is 3. The SMILES string of the molecule is COc1cnc2c(Oc3ccc(NC(=O)c4c(C)n(C)c(C)c(-c5ccc(F)c(F)c5)c4=O)cc3F)ccnc2c1. The summed E-state index contributed by atoms with van der Waals surface area (Å²) in [6, 6.07) is 10.1. The molecule has 0 unspecified atom stereocenters. The molecule has 0 bridgehead atoms. The van der Waals surface area contributed by atoms with Gasteiger partial charge in [-0.1, -0.05) is 6.07 Å². The minimum absolute atomic E-state index is 0.0490. The molecule has 0 spiro atoms. The Morgan fingerprint density at radius 1 is 0.902 bits per heavy atom. The van der Waals surface area contributed by atoms with Gasteiger partial charge < -0.3 is 19.4 Å². The van der Waals surface area contributed by atoms with Crippen LogP contribution in [0.25, 0.3) is 22.2 Å². The van der Waals surface area contributed by atoms with E-state index < -0.39 is 28.8 Å². The number of benzene rings is 2. The minimum Gasteiger partial charge on any atom is -0.495 e. The molecule has 3 heterocycles. The zero-order chi connectivity index (χ0) is 29.4. The highest BCUT2D eigenvalue weighted by Gasteiger charge is 2.23. The Morgan fingerprint density at radius 2 is 1.68 bits per heavy atom. The lowest BCUT2D eigenvalue weighted by Gasteiger charge is -2.18. The summed E-state index contributed by atoms with van der Waals surface area (Å²) in [6.07, 6.45) is 2.98. The van der Waals surface area contributed by atoms with Crippen molar-refractivity contribution in [3.63, 3.8) is 0 Å². The number of carbonyl (C=O) groups excluding carboxylic acids is 1. The molecule has 5 rings (SSSR count). The van der Waals surface area contributed by atoms with Crippen molar-refractivity contribution in [3.8, 4) is 28.4 Å². The standard InChI is InChI=1S/C30H23F3N4O4/c1-15-26(17-5-7-20(31)21(32)11-17)29(38)27(16(2)37(15)3)30(39)36-18-6-8-24(22(33)12-18)41-25-9-10-34-23-13-19(40-4)14-35-28(23)25/h5-14H,1-4H3,(H,36,39). The molecular weight excluding hydrogens is 537 g/mol. The summed E-state index contributed by atoms with van der Waals surface area (Å²) in [5.74, 6) is -3.12. The molecule has 2 aromatic carbocycles. The monoisotopic (exact) mass is 560 g/mol. The van der Waals surface area contributed by atoms with Gasteiger partial charge in [0.25, 0.3) is 5.91 Å². The summed E-state index contributed by atoms with van der Waals surface area (Å²) < 4.78 is 55.0. The number of nitrogens with zero attached hydrogens (tertiary/aromatic N) is 3. The van der Waals surface area contributed by atoms with Gasteiger partial charge >= 0.3 is 0 Å². The molecule has 208 valence electrons. The van der Waals surface area contributed by atoms with Crippen molar-refractivity contribution in [1.82, 2.24) is 14.5 Å². The molecule has 5 aromatic rings. The molecule has 3 aromatic heterocycles. The van der Waals surface area contributed by atoms with Gasteiger partial charge in [-0.15, -0.1) is 0 Å². The Kier molecular flexibility index (Phi) is 7.19. The van der Waals surface area contributed by atoms with Crippen molar-refractivity contribution in [3.05, 3.63) is 106 Å². The van der Waals surface area contributed by atoms with Gasteiger partial charge in [0.15, 0.2) is 29.0 Å². The minimum atomic E-state index is -1.12. The largest absolute Gasteiger partial charge is 0.495 e. The van der Waals surface area contributed by atoms with Crippen LogP contribution in [0.5, 0.6) is 17.2 Å². The van der Waals surface area contributed by atoms with Crippen molar-refractivity contribution in [2.45, 2.75) is 13.8 Å². The molecule has 1 amide bonds. The summed E-state index contributed by atoms with van der Waals surface area (Å²) in [4.78, 5) is 35.2. The van der Waals surface area contributed by atoms with Crippen LogP contribution in [0.4, 0.5) is 18.9 Å². The first-order chi connectivity index (χ1) is 19.6. The molecule has 0 aliphatic carbocycles. The second kappa shape index (κ2) is 10.8. The van der Waals surface area contributed by atoms with Crippen LogP contribution in [0, 0.1) is 31.3 Å². The average molecular weight is 561 g/mol. The number of rotatable bonds is 6. The van der Waals surface area contributed by atoms with E-state index in [4.69, 9.17) is 9.47 Å². The lowest BCUT2D eigenvalue weighted by molar-refractivity contribution is 0.102. The molecule has 1 N–H and O–H groups in total. The van der Waals surface area contributed by atoms with E-state index in [0.717, 1.165) is 18.2 Å². The zero-order valence-corrected chi connectivity index (χ0v) is 22.4. The molecule has 0 aliphatic heterocycles. The van der Waals surface area contributed by atoms with Gasteiger partial charge in [-0.05, 0) is 43.7 Å². The number of anilines is 1. The fraction of sp³-hybridized carbons (Fsp3) is 0.133. The number of aromatic nitrogens is 3. The first-order valence-corrected chi connectivity index (χ1v) is 12.3. The van der Waals surface area contributed by atoms with Crippen molar-refractivity contribution in [1.29, 1.82) is 0 Å². The van der Waals surface area contributed by atoms with Crippen LogP contribution in [0.3, 0.4) is 0 Å². The molecule has 0 saturated heterocycles. The molecule has 41 heavy (non-hydrogen) atoms. The Bertz CT molecular complexity index is 1910. The third-order valence-corrected chi connectivity index (χ3v) is 6.78. The number of fused-ring (bicyclic) bond motifs is 1. The van der Waals surface area contributed by atoms with E-state index in [1.54, 1.807) is 31.5 Å². The highest BCUT2D eigenvalue weighted by molar-refractivity contribution is 6.05. The van der Waals surface area contributed by atoms with Crippen molar-refractivity contribution >= 4 is 22.6 Å². The molecule has 8 nitrogen and oxygen atoms in total. The van der Waals surface area contributed by atoms with Crippen LogP contribution in [0.2, 0.25) is 0 Å². The lowest BCUT2D eigenvalue weighted by atomic mass is 9.98. The smallest absolute Gasteiger partial charge is 0.261 e. The summed E-state index contributed by atoms with van der Waals surface area (Å²) in [5, 5.41) is 2.54. The number of nitrogens with one attached hydrogen (secondary N) is 1. The lowest BCUT2D eigenvalue weighted by Crippen LogP contribution is -2.28. The normalized spacial score (nSPS) is 11.0. The zero-order valence-electron chi connectivity index (χ0n) is 22.4. The van der Waals surface area contributed by atoms with Crippen LogP contribution >= 0.6 is 0 Å². The summed E-state index contributed by atoms with van der Waals surface area (Å²) in [7, 11) is 3.15. The quantitative estimate of drug-likeness (QED) is 0.270. The third kappa shape index (κ3) is 5.09. The number of amides is 1. The maximum atomic E-state index is 15.1. The summed E-state index contributed by atoms with van der Waals surface area (Å²) in [6.45, 7) is 3.22. The van der Waals surface area contributed by atoms with Crippen LogP contribution in [-0.2, 0) is 7.05 Å². The first kappa shape index (κ1) is 27.4. The third-order valence-electron chi connectivity index (χ3n) is 6.78. The molecule has 0 radical (unpaired) electrons. The maximum absolute atomic E-state index is 15.1. The second-order valence-electron chi connectivity index (χ2n) is 9.19. The van der Waals surface area contributed by atoms with E-state index in [0.29, 0.717) is 28.2 Å². The number of carbonyl (C=O) groups is 1. The molecule has 0 aliphatic rings. The van der Waals surface area contributed by atoms with Crippen molar-refractivity contribution in [2.75, 3.05) is 12.4 Å². The van der Waals surface area contributed by atoms with Crippen molar-refractivity contribution in [2.24, 2.45) is 7.05 Å². The summed E-state index contributed by atoms with van der Waals surface area (Å²) >= 11 is 0. The van der Waals surface area contributed by atoms with Crippen LogP contribution < -0.4 is 20.2 Å². The first-order valence-electron chi connectivity index (χ1n) is 12.3. The number of halogens is 3. The number of hydrogen-bond donors (Lipinski definition) is 1. The van der Waals surface area contributed by atoms with Crippen LogP contribution in [0.1, 0.15) is 21.7 Å². The number of ether oxygens (including phenoxy) is 2. The number of hydrogen-bond acceptors (Lipinski definition) is 6. The van der Waals surface area contributed by atoms with Gasteiger partial charge in [0.1, 0.15) is 16.8 Å². The van der Waals surface area contributed by atoms with E-state index in [1.165, 1.54) is 43.8 Å². The fourth-order valence-electron chi connectivity index (χ4n) is 4.45. The van der Waals surface area contributed by atoms with Gasteiger partial charge in [0.2, 0.25) is 5.43 Å². The number of methoxy groups -OCH3 is 1. The van der Waals surface area contributed by atoms with Crippen LogP contribution in [0.15, 0.2) is 65.7 Å². The molecule has 0 atom stereocenters. The maximum Gasteiger partial charge on any atom is 0.261 e. The van der Waals surface area contributed by atoms with Gasteiger partial charge in [-0.3, -0.25) is 14.6 Å². The highest BCUT2D eigenvalue weighted by atomic mass is 19.2. The predicted molar refractivity (Wildman–Crippen MR) is 147 cm³/mol. The Morgan fingerprint density at radius 3 is 2.39 bits per heavy atom. The molecule has 0 fully saturated rings. The van der Waals surface area contributed by atoms with Crippen molar-refractivity contribution < 1.29 is 27.4 Å². The van der Waals surface area contributed by atoms with E-state index in [1.807, 2.05) is 0 Å². The Balaban J connectivity index is 1.45. The second-order valence-corrected chi connectivity index (χ2v) is 9.19. The summed E-state index contributed by atoms with van der Waals surface area (Å²) in [5.41, 5.74) is 1.03. The van der Waals surface area contributed by atoms with Gasteiger partial charge in [-0.25, -0.2) is 18.2 Å². The van der Waals surface area contributed by atoms with E-state index in [9.17, 15) is 18.4 Å². The highest BCUT2D eigenvalue weighted by Crippen LogP contribution is 2.32.